The Morgan fingerprint density at radius 3 is 2.11 bits per heavy atom. The highest BCUT2D eigenvalue weighted by Gasteiger charge is 2.33. The molecule has 1 fully saturated rings. The Bertz CT molecular complexity index is 379. The molecular formula is C26H52O2. The fourth-order valence-corrected chi connectivity index (χ4v) is 4.84. The second-order valence-electron chi connectivity index (χ2n) is 10.4. The van der Waals surface area contributed by atoms with Gasteiger partial charge >= 0.3 is 0 Å². The summed E-state index contributed by atoms with van der Waals surface area (Å²) in [5.74, 6) is 0. The van der Waals surface area contributed by atoms with Crippen molar-refractivity contribution in [3.63, 3.8) is 0 Å². The van der Waals surface area contributed by atoms with Crippen LogP contribution in [0.25, 0.3) is 0 Å². The van der Waals surface area contributed by atoms with Crippen LogP contribution in [0.5, 0.6) is 0 Å². The molecule has 2 heteroatoms. The van der Waals surface area contributed by atoms with Gasteiger partial charge in [0.2, 0.25) is 0 Å². The minimum absolute atomic E-state index is 0.00861. The van der Waals surface area contributed by atoms with Gasteiger partial charge in [-0.1, -0.05) is 92.4 Å². The summed E-state index contributed by atoms with van der Waals surface area (Å²) >= 11 is 0. The fourth-order valence-electron chi connectivity index (χ4n) is 4.84. The van der Waals surface area contributed by atoms with Gasteiger partial charge in [0.15, 0.2) is 6.29 Å². The fraction of sp³-hybridized carbons (Fsp3) is 1.00. The zero-order valence-corrected chi connectivity index (χ0v) is 20.3. The molecule has 0 amide bonds. The first-order valence-corrected chi connectivity index (χ1v) is 12.7. The second kappa shape index (κ2) is 14.0. The smallest absolute Gasteiger partial charge is 0.158 e. The molecule has 0 saturated carbocycles. The van der Waals surface area contributed by atoms with Gasteiger partial charge in [0.05, 0.1) is 11.7 Å². The van der Waals surface area contributed by atoms with Crippen molar-refractivity contribution in [2.75, 3.05) is 0 Å². The molecule has 1 aliphatic rings. The molecule has 0 aromatic heterocycles. The summed E-state index contributed by atoms with van der Waals surface area (Å²) in [4.78, 5) is 0. The van der Waals surface area contributed by atoms with E-state index in [1.54, 1.807) is 0 Å². The van der Waals surface area contributed by atoms with E-state index < -0.39 is 0 Å². The molecule has 0 aromatic rings. The van der Waals surface area contributed by atoms with Crippen LogP contribution in [0.3, 0.4) is 0 Å². The molecule has 3 atom stereocenters. The molecule has 3 unspecified atom stereocenters. The lowest BCUT2D eigenvalue weighted by atomic mass is 9.80. The largest absolute Gasteiger partial charge is 0.349 e. The van der Waals surface area contributed by atoms with Crippen LogP contribution < -0.4 is 0 Å². The molecule has 168 valence electrons. The lowest BCUT2D eigenvalue weighted by Crippen LogP contribution is -2.40. The highest BCUT2D eigenvalue weighted by atomic mass is 16.7. The number of unbranched alkanes of at least 4 members (excludes halogenated alkanes) is 6. The summed E-state index contributed by atoms with van der Waals surface area (Å²) in [5, 5.41) is 0. The zero-order valence-electron chi connectivity index (χ0n) is 20.3. The van der Waals surface area contributed by atoms with Gasteiger partial charge in [-0.05, 0) is 57.3 Å². The van der Waals surface area contributed by atoms with Crippen LogP contribution in [0, 0.1) is 5.41 Å². The molecule has 1 rings (SSSR count). The maximum Gasteiger partial charge on any atom is 0.158 e. The highest BCUT2D eigenvalue weighted by molar-refractivity contribution is 4.80. The quantitative estimate of drug-likeness (QED) is 0.243. The molecule has 0 bridgehead atoms. The Morgan fingerprint density at radius 2 is 1.43 bits per heavy atom. The van der Waals surface area contributed by atoms with Gasteiger partial charge < -0.3 is 9.47 Å². The Balaban J connectivity index is 2.42. The first kappa shape index (κ1) is 26.0. The molecule has 1 aliphatic heterocycles. The molecule has 2 nitrogen and oxygen atoms in total. The Hall–Kier alpha value is -0.0800. The van der Waals surface area contributed by atoms with E-state index in [2.05, 4.69) is 41.5 Å². The van der Waals surface area contributed by atoms with Gasteiger partial charge in [-0.25, -0.2) is 0 Å². The van der Waals surface area contributed by atoms with E-state index in [-0.39, 0.29) is 11.9 Å². The third kappa shape index (κ3) is 11.2. The maximum absolute atomic E-state index is 6.58. The van der Waals surface area contributed by atoms with E-state index in [0.29, 0.717) is 11.5 Å². The first-order chi connectivity index (χ1) is 13.3. The normalized spacial score (nSPS) is 22.9. The van der Waals surface area contributed by atoms with Gasteiger partial charge in [-0.15, -0.1) is 0 Å². The SMILES string of the molecule is CCCCCCCCC(C)(C)CC1CCCC(OC(C)(CCC)CCCC)O1. The van der Waals surface area contributed by atoms with E-state index in [0.717, 1.165) is 19.3 Å². The van der Waals surface area contributed by atoms with Crippen LogP contribution in [0.1, 0.15) is 144 Å². The van der Waals surface area contributed by atoms with Crippen LogP contribution in [0.15, 0.2) is 0 Å². The molecule has 0 spiro atoms. The van der Waals surface area contributed by atoms with Crippen molar-refractivity contribution >= 4 is 0 Å². The van der Waals surface area contributed by atoms with Crippen molar-refractivity contribution in [1.29, 1.82) is 0 Å². The minimum atomic E-state index is -0.00861. The summed E-state index contributed by atoms with van der Waals surface area (Å²) in [6.45, 7) is 14.0. The number of rotatable bonds is 16. The van der Waals surface area contributed by atoms with E-state index >= 15 is 0 Å². The number of ether oxygens (including phenoxy) is 2. The molecule has 1 saturated heterocycles. The Kier molecular flexibility index (Phi) is 13.0. The van der Waals surface area contributed by atoms with Crippen LogP contribution in [0.2, 0.25) is 0 Å². The van der Waals surface area contributed by atoms with Gasteiger partial charge in [-0.2, -0.15) is 0 Å². The van der Waals surface area contributed by atoms with Crippen molar-refractivity contribution in [3.8, 4) is 0 Å². The van der Waals surface area contributed by atoms with Crippen molar-refractivity contribution < 1.29 is 9.47 Å². The molecule has 28 heavy (non-hydrogen) atoms. The third-order valence-electron chi connectivity index (χ3n) is 6.55. The van der Waals surface area contributed by atoms with E-state index in [9.17, 15) is 0 Å². The van der Waals surface area contributed by atoms with Gasteiger partial charge in [0.25, 0.3) is 0 Å². The van der Waals surface area contributed by atoms with Gasteiger partial charge in [0.1, 0.15) is 0 Å². The predicted octanol–water partition coefficient (Wildman–Crippen LogP) is 8.81. The third-order valence-corrected chi connectivity index (χ3v) is 6.55. The summed E-state index contributed by atoms with van der Waals surface area (Å²) < 4.78 is 13.1. The zero-order chi connectivity index (χ0) is 20.9. The highest BCUT2D eigenvalue weighted by Crippen LogP contribution is 2.36. The average Bonchev–Trinajstić information content (AvgIpc) is 2.63. The number of hydrogen-bond donors (Lipinski definition) is 0. The standard InChI is InChI=1S/C26H52O2/c1-7-10-12-13-14-15-20-25(4,5)22-23-17-16-18-24(27-23)28-26(6,19-9-3)21-11-8-2/h23-24H,7-22H2,1-6H3. The Labute approximate surface area is 177 Å². The lowest BCUT2D eigenvalue weighted by molar-refractivity contribution is -0.249. The van der Waals surface area contributed by atoms with Crippen LogP contribution in [0.4, 0.5) is 0 Å². The number of hydrogen-bond acceptors (Lipinski definition) is 2. The van der Waals surface area contributed by atoms with Crippen LogP contribution in [-0.2, 0) is 9.47 Å². The van der Waals surface area contributed by atoms with Crippen molar-refractivity contribution in [2.24, 2.45) is 5.41 Å². The first-order valence-electron chi connectivity index (χ1n) is 12.7. The summed E-state index contributed by atoms with van der Waals surface area (Å²) in [6.07, 6.45) is 20.7. The molecule has 0 N–H and O–H groups in total. The van der Waals surface area contributed by atoms with Crippen LogP contribution >= 0.6 is 0 Å². The van der Waals surface area contributed by atoms with Crippen molar-refractivity contribution in [2.45, 2.75) is 162 Å². The van der Waals surface area contributed by atoms with Crippen molar-refractivity contribution in [1.82, 2.24) is 0 Å². The molecule has 0 aromatic carbocycles. The van der Waals surface area contributed by atoms with Gasteiger partial charge in [0, 0.05) is 0 Å². The summed E-state index contributed by atoms with van der Waals surface area (Å²) in [6, 6.07) is 0. The van der Waals surface area contributed by atoms with Crippen LogP contribution in [-0.4, -0.2) is 18.0 Å². The second-order valence-corrected chi connectivity index (χ2v) is 10.4. The molecule has 0 aliphatic carbocycles. The van der Waals surface area contributed by atoms with E-state index in [1.807, 2.05) is 0 Å². The molecule has 1 heterocycles. The lowest BCUT2D eigenvalue weighted by Gasteiger charge is -2.40. The topological polar surface area (TPSA) is 18.5 Å². The minimum Gasteiger partial charge on any atom is -0.349 e. The van der Waals surface area contributed by atoms with E-state index in [1.165, 1.54) is 83.5 Å². The summed E-state index contributed by atoms with van der Waals surface area (Å²) in [7, 11) is 0. The van der Waals surface area contributed by atoms with Gasteiger partial charge in [-0.3, -0.25) is 0 Å². The molecular weight excluding hydrogens is 344 g/mol. The summed E-state index contributed by atoms with van der Waals surface area (Å²) in [5.41, 5.74) is 0.373. The molecule has 0 radical (unpaired) electrons. The van der Waals surface area contributed by atoms with Crippen molar-refractivity contribution in [3.05, 3.63) is 0 Å². The average molecular weight is 397 g/mol. The predicted molar refractivity (Wildman–Crippen MR) is 123 cm³/mol. The monoisotopic (exact) mass is 396 g/mol. The van der Waals surface area contributed by atoms with E-state index in [4.69, 9.17) is 9.47 Å². The Morgan fingerprint density at radius 1 is 0.750 bits per heavy atom. The maximum atomic E-state index is 6.58.